The molecule has 5 nitrogen and oxygen atoms in total. The molecule has 0 saturated carbocycles. The van der Waals surface area contributed by atoms with Crippen LogP contribution in [0.2, 0.25) is 5.02 Å². The molecule has 1 heterocycles. The second kappa shape index (κ2) is 8.64. The minimum atomic E-state index is -0.161. The molecule has 0 radical (unpaired) electrons. The lowest BCUT2D eigenvalue weighted by Crippen LogP contribution is -2.31. The number of hydrogen-bond acceptors (Lipinski definition) is 4. The number of rotatable bonds is 6. The van der Waals surface area contributed by atoms with E-state index < -0.39 is 0 Å². The lowest BCUT2D eigenvalue weighted by atomic mass is 10.2. The van der Waals surface area contributed by atoms with E-state index >= 15 is 0 Å². The Morgan fingerprint density at radius 2 is 1.96 bits per heavy atom. The van der Waals surface area contributed by atoms with E-state index in [1.54, 1.807) is 17.2 Å². The van der Waals surface area contributed by atoms with Crippen molar-refractivity contribution in [2.45, 2.75) is 20.4 Å². The van der Waals surface area contributed by atoms with Crippen LogP contribution in [-0.4, -0.2) is 22.4 Å². The maximum atomic E-state index is 13.0. The van der Waals surface area contributed by atoms with Gasteiger partial charge < -0.3 is 10.2 Å². The Kier molecular flexibility index (Phi) is 6.04. The van der Waals surface area contributed by atoms with Crippen LogP contribution in [0.4, 0.5) is 11.6 Å². The highest BCUT2D eigenvalue weighted by atomic mass is 35.5. The summed E-state index contributed by atoms with van der Waals surface area (Å²) in [5.41, 5.74) is 3.24. The fourth-order valence-corrected chi connectivity index (χ4v) is 2.96. The largest absolute Gasteiger partial charge is 0.350 e. The van der Waals surface area contributed by atoms with Crippen LogP contribution < -0.4 is 10.2 Å². The van der Waals surface area contributed by atoms with Crippen LogP contribution in [0.3, 0.4) is 0 Å². The van der Waals surface area contributed by atoms with Gasteiger partial charge in [0.05, 0.1) is 0 Å². The van der Waals surface area contributed by atoms with Gasteiger partial charge in [0.15, 0.2) is 0 Å². The Hall–Kier alpha value is -2.92. The Morgan fingerprint density at radius 3 is 2.70 bits per heavy atom. The molecule has 0 bridgehead atoms. The summed E-state index contributed by atoms with van der Waals surface area (Å²) < 4.78 is 0. The lowest BCUT2D eigenvalue weighted by molar-refractivity contribution is 0.0983. The first-order chi connectivity index (χ1) is 13.1. The van der Waals surface area contributed by atoms with Crippen molar-refractivity contribution >= 4 is 29.1 Å². The number of benzene rings is 2. The molecule has 1 amide bonds. The first-order valence-electron chi connectivity index (χ1n) is 8.77. The van der Waals surface area contributed by atoms with Crippen LogP contribution in [0.5, 0.6) is 0 Å². The molecule has 0 atom stereocenters. The predicted octanol–water partition coefficient (Wildman–Crippen LogP) is 4.72. The molecule has 0 unspecified atom stereocenters. The second-order valence-corrected chi connectivity index (χ2v) is 6.51. The summed E-state index contributed by atoms with van der Waals surface area (Å²) in [5.74, 6) is 0.229. The first-order valence-corrected chi connectivity index (χ1v) is 9.15. The molecule has 3 rings (SSSR count). The van der Waals surface area contributed by atoms with Crippen LogP contribution in [-0.2, 0) is 6.54 Å². The maximum Gasteiger partial charge on any atom is 0.277 e. The summed E-state index contributed by atoms with van der Waals surface area (Å²) in [7, 11) is 0. The summed E-state index contributed by atoms with van der Waals surface area (Å²) in [6.45, 7) is 4.97. The number of nitrogens with zero attached hydrogens (tertiary/aromatic N) is 3. The van der Waals surface area contributed by atoms with E-state index in [0.29, 0.717) is 29.8 Å². The number of anilines is 2. The van der Waals surface area contributed by atoms with Crippen LogP contribution in [0.15, 0.2) is 60.8 Å². The number of hydrogen-bond donors (Lipinski definition) is 1. The van der Waals surface area contributed by atoms with Gasteiger partial charge in [-0.05, 0) is 49.2 Å². The highest BCUT2D eigenvalue weighted by molar-refractivity contribution is 6.31. The highest BCUT2D eigenvalue weighted by Crippen LogP contribution is 2.19. The van der Waals surface area contributed by atoms with Crippen LogP contribution in [0.25, 0.3) is 0 Å². The molecular formula is C21H21ClN4O. The van der Waals surface area contributed by atoms with Crippen molar-refractivity contribution in [1.29, 1.82) is 0 Å². The number of aryl methyl sites for hydroxylation is 1. The summed E-state index contributed by atoms with van der Waals surface area (Å²) in [6.07, 6.45) is 1.58. The minimum Gasteiger partial charge on any atom is -0.350 e. The number of aromatic nitrogens is 2. The van der Waals surface area contributed by atoms with Gasteiger partial charge in [-0.1, -0.05) is 41.9 Å². The van der Waals surface area contributed by atoms with Crippen molar-refractivity contribution in [3.05, 3.63) is 82.6 Å². The Morgan fingerprint density at radius 1 is 1.15 bits per heavy atom. The van der Waals surface area contributed by atoms with Crippen LogP contribution in [0, 0.1) is 6.92 Å². The quantitative estimate of drug-likeness (QED) is 0.672. The summed E-state index contributed by atoms with van der Waals surface area (Å²) in [4.78, 5) is 23.2. The number of carbonyl (C=O) groups is 1. The fourth-order valence-electron chi connectivity index (χ4n) is 2.76. The molecule has 1 N–H and O–H groups in total. The van der Waals surface area contributed by atoms with Gasteiger partial charge in [-0.25, -0.2) is 9.97 Å². The zero-order valence-corrected chi connectivity index (χ0v) is 16.1. The summed E-state index contributed by atoms with van der Waals surface area (Å²) in [5, 5.41) is 3.80. The molecule has 0 aliphatic heterocycles. The van der Waals surface area contributed by atoms with Crippen molar-refractivity contribution in [3.63, 3.8) is 0 Å². The van der Waals surface area contributed by atoms with E-state index in [9.17, 15) is 4.79 Å². The molecule has 0 aliphatic rings. The monoisotopic (exact) mass is 380 g/mol. The van der Waals surface area contributed by atoms with Gasteiger partial charge in [0.1, 0.15) is 5.69 Å². The first kappa shape index (κ1) is 18.9. The zero-order chi connectivity index (χ0) is 19.2. The highest BCUT2D eigenvalue weighted by Gasteiger charge is 2.18. The van der Waals surface area contributed by atoms with Crippen molar-refractivity contribution < 1.29 is 4.79 Å². The van der Waals surface area contributed by atoms with Crippen molar-refractivity contribution in [2.24, 2.45) is 0 Å². The summed E-state index contributed by atoms with van der Waals surface area (Å²) >= 11 is 6.17. The third kappa shape index (κ3) is 4.63. The third-order valence-corrected chi connectivity index (χ3v) is 4.51. The average molecular weight is 381 g/mol. The molecule has 2 aromatic carbocycles. The van der Waals surface area contributed by atoms with E-state index in [1.165, 1.54) is 0 Å². The van der Waals surface area contributed by atoms with Gasteiger partial charge in [-0.15, -0.1) is 0 Å². The smallest absolute Gasteiger partial charge is 0.277 e. The van der Waals surface area contributed by atoms with E-state index in [2.05, 4.69) is 15.3 Å². The third-order valence-electron chi connectivity index (χ3n) is 4.14. The van der Waals surface area contributed by atoms with E-state index in [1.807, 2.05) is 62.4 Å². The van der Waals surface area contributed by atoms with Gasteiger partial charge in [-0.2, -0.15) is 0 Å². The summed E-state index contributed by atoms with van der Waals surface area (Å²) in [6, 6.07) is 17.0. The number of nitrogens with one attached hydrogen (secondary N) is 1. The Bertz CT molecular complexity index is 945. The molecular weight excluding hydrogens is 360 g/mol. The normalized spacial score (nSPS) is 10.5. The van der Waals surface area contributed by atoms with Gasteiger partial charge in [0.25, 0.3) is 5.91 Å². The van der Waals surface area contributed by atoms with Gasteiger partial charge >= 0.3 is 0 Å². The van der Waals surface area contributed by atoms with Gasteiger partial charge in [0.2, 0.25) is 5.95 Å². The van der Waals surface area contributed by atoms with Crippen LogP contribution in [0.1, 0.15) is 28.5 Å². The molecule has 0 fully saturated rings. The molecule has 3 aromatic rings. The molecule has 138 valence electrons. The topological polar surface area (TPSA) is 58.1 Å². The molecule has 0 aliphatic carbocycles. The number of carbonyl (C=O) groups excluding carboxylic acids is 1. The number of halogens is 1. The van der Waals surface area contributed by atoms with Gasteiger partial charge in [-0.3, -0.25) is 4.79 Å². The van der Waals surface area contributed by atoms with E-state index in [4.69, 9.17) is 11.6 Å². The maximum absolute atomic E-state index is 13.0. The van der Waals surface area contributed by atoms with E-state index in [-0.39, 0.29) is 5.91 Å². The van der Waals surface area contributed by atoms with Crippen LogP contribution >= 0.6 is 11.6 Å². The molecule has 1 aromatic heterocycles. The molecule has 0 saturated heterocycles. The Balaban J connectivity index is 1.77. The average Bonchev–Trinajstić information content (AvgIpc) is 2.68. The molecule has 0 spiro atoms. The zero-order valence-electron chi connectivity index (χ0n) is 15.3. The fraction of sp³-hybridized carbons (Fsp3) is 0.190. The molecule has 27 heavy (non-hydrogen) atoms. The minimum absolute atomic E-state index is 0.161. The SMILES string of the molecule is CCN(C(=O)c1ccnc(NCc2ccccc2Cl)n1)c1cccc(C)c1. The van der Waals surface area contributed by atoms with Crippen molar-refractivity contribution in [2.75, 3.05) is 16.8 Å². The van der Waals surface area contributed by atoms with Crippen molar-refractivity contribution in [3.8, 4) is 0 Å². The van der Waals surface area contributed by atoms with E-state index in [0.717, 1.165) is 16.8 Å². The Labute approximate surface area is 164 Å². The number of amides is 1. The standard InChI is InChI=1S/C21H21ClN4O/c1-3-26(17-9-6-7-15(2)13-17)20(27)19-11-12-23-21(25-19)24-14-16-8-4-5-10-18(16)22/h4-13H,3,14H2,1-2H3,(H,23,24,25). The molecule has 6 heteroatoms. The lowest BCUT2D eigenvalue weighted by Gasteiger charge is -2.21. The van der Waals surface area contributed by atoms with Gasteiger partial charge in [0, 0.05) is 30.0 Å². The van der Waals surface area contributed by atoms with Crippen molar-refractivity contribution in [1.82, 2.24) is 9.97 Å². The second-order valence-electron chi connectivity index (χ2n) is 6.10. The predicted molar refractivity (Wildman–Crippen MR) is 109 cm³/mol.